The molecule has 0 aromatic heterocycles. The highest BCUT2D eigenvalue weighted by atomic mass is 16.5. The van der Waals surface area contributed by atoms with Crippen molar-refractivity contribution in [2.24, 2.45) is 0 Å². The molecule has 2 aromatic carbocycles. The lowest BCUT2D eigenvalue weighted by Gasteiger charge is -2.11. The monoisotopic (exact) mass is 272 g/mol. The van der Waals surface area contributed by atoms with Crippen molar-refractivity contribution >= 4 is 5.97 Å². The van der Waals surface area contributed by atoms with E-state index in [2.05, 4.69) is 0 Å². The summed E-state index contributed by atoms with van der Waals surface area (Å²) in [6.45, 7) is 0. The largest absolute Gasteiger partial charge is 0.497 e. The van der Waals surface area contributed by atoms with Crippen LogP contribution in [0.1, 0.15) is 10.4 Å². The Morgan fingerprint density at radius 2 is 1.60 bits per heavy atom. The lowest BCUT2D eigenvalue weighted by Crippen LogP contribution is -2.04. The number of hydrogen-bond acceptors (Lipinski definition) is 4. The zero-order chi connectivity index (χ0) is 14.5. The third kappa shape index (κ3) is 2.74. The van der Waals surface area contributed by atoms with E-state index in [0.29, 0.717) is 11.3 Å². The normalized spacial score (nSPS) is 9.95. The SMILES string of the molecule is COC(=O)c1ccc(OC)cc1-c1cccc(OC)c1. The van der Waals surface area contributed by atoms with Crippen LogP contribution in [0.3, 0.4) is 0 Å². The van der Waals surface area contributed by atoms with E-state index in [-0.39, 0.29) is 5.97 Å². The van der Waals surface area contributed by atoms with Crippen LogP contribution in [0.4, 0.5) is 0 Å². The minimum absolute atomic E-state index is 0.384. The van der Waals surface area contributed by atoms with Gasteiger partial charge in [0.1, 0.15) is 11.5 Å². The molecule has 4 heteroatoms. The van der Waals surface area contributed by atoms with Gasteiger partial charge in [0, 0.05) is 0 Å². The zero-order valence-corrected chi connectivity index (χ0v) is 11.7. The van der Waals surface area contributed by atoms with Gasteiger partial charge in [-0.2, -0.15) is 0 Å². The number of methoxy groups -OCH3 is 3. The molecule has 0 aliphatic rings. The van der Waals surface area contributed by atoms with Crippen LogP contribution >= 0.6 is 0 Å². The molecular weight excluding hydrogens is 256 g/mol. The Bertz CT molecular complexity index is 620. The lowest BCUT2D eigenvalue weighted by molar-refractivity contribution is 0.0601. The Morgan fingerprint density at radius 1 is 0.900 bits per heavy atom. The van der Waals surface area contributed by atoms with Crippen LogP contribution in [0, 0.1) is 0 Å². The van der Waals surface area contributed by atoms with E-state index >= 15 is 0 Å². The summed E-state index contributed by atoms with van der Waals surface area (Å²) in [7, 11) is 4.55. The maximum Gasteiger partial charge on any atom is 0.338 e. The zero-order valence-electron chi connectivity index (χ0n) is 11.7. The molecule has 0 amide bonds. The molecular formula is C16H16O4. The van der Waals surface area contributed by atoms with E-state index in [1.165, 1.54) is 7.11 Å². The Labute approximate surface area is 117 Å². The fourth-order valence-corrected chi connectivity index (χ4v) is 1.97. The quantitative estimate of drug-likeness (QED) is 0.802. The molecule has 0 atom stereocenters. The molecule has 2 aromatic rings. The summed E-state index contributed by atoms with van der Waals surface area (Å²) in [6.07, 6.45) is 0. The molecule has 2 rings (SSSR count). The van der Waals surface area contributed by atoms with Gasteiger partial charge >= 0.3 is 5.97 Å². The third-order valence-corrected chi connectivity index (χ3v) is 3.01. The van der Waals surface area contributed by atoms with Gasteiger partial charge in [0.25, 0.3) is 0 Å². The van der Waals surface area contributed by atoms with Gasteiger partial charge in [0.05, 0.1) is 26.9 Å². The fraction of sp³-hybridized carbons (Fsp3) is 0.188. The third-order valence-electron chi connectivity index (χ3n) is 3.01. The van der Waals surface area contributed by atoms with Crippen molar-refractivity contribution in [1.82, 2.24) is 0 Å². The predicted molar refractivity (Wildman–Crippen MR) is 76.3 cm³/mol. The summed E-state index contributed by atoms with van der Waals surface area (Å²) in [5, 5.41) is 0. The molecule has 20 heavy (non-hydrogen) atoms. The van der Waals surface area contributed by atoms with E-state index in [1.54, 1.807) is 32.4 Å². The number of carbonyl (C=O) groups excluding carboxylic acids is 1. The van der Waals surface area contributed by atoms with E-state index in [9.17, 15) is 4.79 Å². The van der Waals surface area contributed by atoms with E-state index in [0.717, 1.165) is 16.9 Å². The molecule has 0 aliphatic carbocycles. The molecule has 0 saturated heterocycles. The van der Waals surface area contributed by atoms with Gasteiger partial charge in [0.15, 0.2) is 0 Å². The van der Waals surface area contributed by atoms with Crippen LogP contribution in [-0.4, -0.2) is 27.3 Å². The first-order valence-corrected chi connectivity index (χ1v) is 6.10. The van der Waals surface area contributed by atoms with Crippen LogP contribution < -0.4 is 9.47 Å². The minimum atomic E-state index is -0.384. The highest BCUT2D eigenvalue weighted by Crippen LogP contribution is 2.30. The molecule has 0 radical (unpaired) electrons. The first kappa shape index (κ1) is 13.9. The molecule has 0 aliphatic heterocycles. The second kappa shape index (κ2) is 6.10. The van der Waals surface area contributed by atoms with Crippen molar-refractivity contribution in [3.8, 4) is 22.6 Å². The van der Waals surface area contributed by atoms with Crippen molar-refractivity contribution < 1.29 is 19.0 Å². The molecule has 0 spiro atoms. The molecule has 0 saturated carbocycles. The molecule has 0 N–H and O–H groups in total. The predicted octanol–water partition coefficient (Wildman–Crippen LogP) is 3.16. The summed E-state index contributed by atoms with van der Waals surface area (Å²) < 4.78 is 15.2. The smallest absolute Gasteiger partial charge is 0.338 e. The van der Waals surface area contributed by atoms with Gasteiger partial charge < -0.3 is 14.2 Å². The number of carbonyl (C=O) groups is 1. The number of hydrogen-bond donors (Lipinski definition) is 0. The van der Waals surface area contributed by atoms with Crippen molar-refractivity contribution in [2.45, 2.75) is 0 Å². The fourth-order valence-electron chi connectivity index (χ4n) is 1.97. The van der Waals surface area contributed by atoms with Crippen LogP contribution in [0.2, 0.25) is 0 Å². The Morgan fingerprint density at radius 3 is 2.25 bits per heavy atom. The minimum Gasteiger partial charge on any atom is -0.497 e. The summed E-state index contributed by atoms with van der Waals surface area (Å²) in [4.78, 5) is 11.9. The van der Waals surface area contributed by atoms with Gasteiger partial charge in [-0.25, -0.2) is 4.79 Å². The van der Waals surface area contributed by atoms with Crippen LogP contribution in [0.25, 0.3) is 11.1 Å². The highest BCUT2D eigenvalue weighted by Gasteiger charge is 2.14. The second-order valence-corrected chi connectivity index (χ2v) is 4.14. The first-order chi connectivity index (χ1) is 9.69. The number of ether oxygens (including phenoxy) is 3. The van der Waals surface area contributed by atoms with Crippen LogP contribution in [0.5, 0.6) is 11.5 Å². The van der Waals surface area contributed by atoms with Crippen molar-refractivity contribution in [3.05, 3.63) is 48.0 Å². The molecule has 104 valence electrons. The molecule has 0 bridgehead atoms. The summed E-state index contributed by atoms with van der Waals surface area (Å²) in [5.41, 5.74) is 2.10. The first-order valence-electron chi connectivity index (χ1n) is 6.10. The maximum absolute atomic E-state index is 11.9. The summed E-state index contributed by atoms with van der Waals surface area (Å²) >= 11 is 0. The Balaban J connectivity index is 2.59. The lowest BCUT2D eigenvalue weighted by atomic mass is 9.99. The molecule has 4 nitrogen and oxygen atoms in total. The van der Waals surface area contributed by atoms with Crippen molar-refractivity contribution in [1.29, 1.82) is 0 Å². The summed E-state index contributed by atoms with van der Waals surface area (Å²) in [6, 6.07) is 12.7. The average molecular weight is 272 g/mol. The summed E-state index contributed by atoms with van der Waals surface area (Å²) in [5.74, 6) is 1.02. The van der Waals surface area contributed by atoms with Crippen LogP contribution in [0.15, 0.2) is 42.5 Å². The highest BCUT2D eigenvalue weighted by molar-refractivity contribution is 5.97. The van der Waals surface area contributed by atoms with Crippen LogP contribution in [-0.2, 0) is 4.74 Å². The van der Waals surface area contributed by atoms with E-state index in [4.69, 9.17) is 14.2 Å². The second-order valence-electron chi connectivity index (χ2n) is 4.14. The molecule has 0 fully saturated rings. The average Bonchev–Trinajstić information content (AvgIpc) is 2.53. The van der Waals surface area contributed by atoms with Crippen molar-refractivity contribution in [3.63, 3.8) is 0 Å². The van der Waals surface area contributed by atoms with E-state index < -0.39 is 0 Å². The molecule has 0 unspecified atom stereocenters. The van der Waals surface area contributed by atoms with E-state index in [1.807, 2.05) is 24.3 Å². The number of esters is 1. The maximum atomic E-state index is 11.9. The topological polar surface area (TPSA) is 44.8 Å². The van der Waals surface area contributed by atoms with Gasteiger partial charge in [-0.3, -0.25) is 0 Å². The molecule has 0 heterocycles. The van der Waals surface area contributed by atoms with Gasteiger partial charge in [-0.1, -0.05) is 12.1 Å². The van der Waals surface area contributed by atoms with Gasteiger partial charge in [-0.05, 0) is 41.5 Å². The van der Waals surface area contributed by atoms with Gasteiger partial charge in [-0.15, -0.1) is 0 Å². The Hall–Kier alpha value is -2.49. The van der Waals surface area contributed by atoms with Crippen molar-refractivity contribution in [2.75, 3.05) is 21.3 Å². The standard InChI is InChI=1S/C16H16O4/c1-18-12-6-4-5-11(9-12)15-10-13(19-2)7-8-14(15)16(17)20-3/h4-10H,1-3H3. The Kier molecular flexibility index (Phi) is 4.25. The van der Waals surface area contributed by atoms with Gasteiger partial charge in [0.2, 0.25) is 0 Å². The number of rotatable bonds is 4. The number of benzene rings is 2.